The number of hydrogen-bond acceptors (Lipinski definition) is 0. The van der Waals surface area contributed by atoms with Crippen LogP contribution in [0.25, 0.3) is 0 Å². The average molecular weight is 477 g/mol. The third-order valence-electron chi connectivity index (χ3n) is 9.31. The summed E-state index contributed by atoms with van der Waals surface area (Å²) >= 11 is 0. The summed E-state index contributed by atoms with van der Waals surface area (Å²) in [6, 6.07) is 0. The van der Waals surface area contributed by atoms with Crippen molar-refractivity contribution in [1.29, 1.82) is 0 Å². The molecule has 0 spiro atoms. The van der Waals surface area contributed by atoms with E-state index < -0.39 is 0 Å². The van der Waals surface area contributed by atoms with Crippen LogP contribution in [0.1, 0.15) is 195 Å². The molecular formula is C34H68. The minimum Gasteiger partial charge on any atom is -0.0654 e. The van der Waals surface area contributed by atoms with Gasteiger partial charge in [-0.2, -0.15) is 0 Å². The standard InChI is InChI=1S/C34H68/c1-5-9-13-15-17-19-23-26-32-30-29-31(25-21-11-7-3)33(27-22-12-8-4)34(32)28-24-20-18-16-14-10-6-2/h31-34H,5-30H2,1-4H3. The molecule has 0 amide bonds. The highest BCUT2D eigenvalue weighted by Crippen LogP contribution is 2.47. The summed E-state index contributed by atoms with van der Waals surface area (Å²) in [7, 11) is 0. The summed E-state index contributed by atoms with van der Waals surface area (Å²) in [6.07, 6.45) is 38.7. The van der Waals surface area contributed by atoms with E-state index in [-0.39, 0.29) is 0 Å². The second-order valence-corrected chi connectivity index (χ2v) is 12.2. The van der Waals surface area contributed by atoms with Crippen LogP contribution in [0.4, 0.5) is 0 Å². The molecule has 0 saturated heterocycles. The van der Waals surface area contributed by atoms with E-state index in [0.717, 1.165) is 23.7 Å². The lowest BCUT2D eigenvalue weighted by Crippen LogP contribution is -2.35. The normalized spacial score (nSPS) is 22.9. The third kappa shape index (κ3) is 15.2. The quantitative estimate of drug-likeness (QED) is 0.121. The summed E-state index contributed by atoms with van der Waals surface area (Å²) in [5, 5.41) is 0. The Labute approximate surface area is 218 Å². The maximum absolute atomic E-state index is 2.39. The van der Waals surface area contributed by atoms with Crippen molar-refractivity contribution in [3.8, 4) is 0 Å². The maximum atomic E-state index is 2.39. The number of rotatable bonds is 24. The highest BCUT2D eigenvalue weighted by molar-refractivity contribution is 4.88. The van der Waals surface area contributed by atoms with Gasteiger partial charge in [-0.3, -0.25) is 0 Å². The summed E-state index contributed by atoms with van der Waals surface area (Å²) in [4.78, 5) is 0. The Bertz CT molecular complexity index is 399. The largest absolute Gasteiger partial charge is 0.0654 e. The molecule has 0 N–H and O–H groups in total. The van der Waals surface area contributed by atoms with E-state index >= 15 is 0 Å². The molecule has 0 nitrogen and oxygen atoms in total. The van der Waals surface area contributed by atoms with Crippen molar-refractivity contribution in [3.63, 3.8) is 0 Å². The number of unbranched alkanes of at least 4 members (excludes halogenated alkanes) is 16. The van der Waals surface area contributed by atoms with Crippen molar-refractivity contribution in [2.45, 2.75) is 195 Å². The van der Waals surface area contributed by atoms with E-state index in [0.29, 0.717) is 0 Å². The van der Waals surface area contributed by atoms with Gasteiger partial charge in [0.1, 0.15) is 0 Å². The highest BCUT2D eigenvalue weighted by atomic mass is 14.4. The molecule has 0 aromatic heterocycles. The fourth-order valence-electron chi connectivity index (χ4n) is 7.16. The van der Waals surface area contributed by atoms with E-state index in [1.54, 1.807) is 38.5 Å². The zero-order chi connectivity index (χ0) is 24.7. The lowest BCUT2D eigenvalue weighted by Gasteiger charge is -2.44. The molecule has 1 aliphatic rings. The summed E-state index contributed by atoms with van der Waals surface area (Å²) in [5.41, 5.74) is 0. The number of hydrogen-bond donors (Lipinski definition) is 0. The zero-order valence-corrected chi connectivity index (χ0v) is 24.7. The Balaban J connectivity index is 2.63. The van der Waals surface area contributed by atoms with Crippen molar-refractivity contribution >= 4 is 0 Å². The summed E-state index contributed by atoms with van der Waals surface area (Å²) in [5.74, 6) is 4.24. The Kier molecular flexibility index (Phi) is 22.0. The Hall–Kier alpha value is 0. The van der Waals surface area contributed by atoms with E-state index in [4.69, 9.17) is 0 Å². The van der Waals surface area contributed by atoms with Gasteiger partial charge in [-0.05, 0) is 49.4 Å². The maximum Gasteiger partial charge on any atom is -0.0355 e. The van der Waals surface area contributed by atoms with Gasteiger partial charge in [0.2, 0.25) is 0 Å². The SMILES string of the molecule is CCCCCCCCCC1CCC(CCCCC)C(CCCCC)C1CCCCCCCCC. The Morgan fingerprint density at radius 3 is 1.00 bits per heavy atom. The molecular weight excluding hydrogens is 408 g/mol. The van der Waals surface area contributed by atoms with Gasteiger partial charge in [0, 0.05) is 0 Å². The van der Waals surface area contributed by atoms with Crippen molar-refractivity contribution in [2.75, 3.05) is 0 Å². The fourth-order valence-corrected chi connectivity index (χ4v) is 7.16. The summed E-state index contributed by atoms with van der Waals surface area (Å²) in [6.45, 7) is 9.44. The molecule has 4 unspecified atom stereocenters. The van der Waals surface area contributed by atoms with Crippen molar-refractivity contribution < 1.29 is 0 Å². The van der Waals surface area contributed by atoms with Crippen LogP contribution >= 0.6 is 0 Å². The van der Waals surface area contributed by atoms with E-state index in [1.807, 2.05) is 0 Å². The Morgan fingerprint density at radius 2 is 0.588 bits per heavy atom. The molecule has 0 bridgehead atoms. The molecule has 0 aliphatic heterocycles. The fraction of sp³-hybridized carbons (Fsp3) is 1.00. The van der Waals surface area contributed by atoms with Gasteiger partial charge in [0.05, 0.1) is 0 Å². The van der Waals surface area contributed by atoms with Crippen molar-refractivity contribution in [1.82, 2.24) is 0 Å². The van der Waals surface area contributed by atoms with Gasteiger partial charge in [0.15, 0.2) is 0 Å². The monoisotopic (exact) mass is 477 g/mol. The molecule has 1 fully saturated rings. The second kappa shape index (κ2) is 23.4. The first-order chi connectivity index (χ1) is 16.8. The minimum atomic E-state index is 1.06. The van der Waals surface area contributed by atoms with Gasteiger partial charge in [-0.25, -0.2) is 0 Å². The molecule has 204 valence electrons. The van der Waals surface area contributed by atoms with E-state index in [2.05, 4.69) is 27.7 Å². The molecule has 1 aliphatic carbocycles. The van der Waals surface area contributed by atoms with Gasteiger partial charge >= 0.3 is 0 Å². The Morgan fingerprint density at radius 1 is 0.324 bits per heavy atom. The van der Waals surface area contributed by atoms with Crippen LogP contribution in [0.2, 0.25) is 0 Å². The second-order valence-electron chi connectivity index (χ2n) is 12.2. The van der Waals surface area contributed by atoms with Gasteiger partial charge in [0.25, 0.3) is 0 Å². The molecule has 34 heavy (non-hydrogen) atoms. The first kappa shape index (κ1) is 32.0. The predicted octanol–water partition coefficient (Wildman–Crippen LogP) is 12.7. The molecule has 0 heterocycles. The van der Waals surface area contributed by atoms with Crippen molar-refractivity contribution in [2.24, 2.45) is 23.7 Å². The molecule has 0 heteroatoms. The molecule has 0 aromatic carbocycles. The van der Waals surface area contributed by atoms with Crippen LogP contribution in [0.3, 0.4) is 0 Å². The van der Waals surface area contributed by atoms with E-state index in [1.165, 1.54) is 128 Å². The molecule has 4 atom stereocenters. The van der Waals surface area contributed by atoms with E-state index in [9.17, 15) is 0 Å². The summed E-state index contributed by atoms with van der Waals surface area (Å²) < 4.78 is 0. The van der Waals surface area contributed by atoms with Gasteiger partial charge < -0.3 is 0 Å². The van der Waals surface area contributed by atoms with Crippen LogP contribution in [-0.4, -0.2) is 0 Å². The highest BCUT2D eigenvalue weighted by Gasteiger charge is 2.37. The molecule has 0 aromatic rings. The smallest absolute Gasteiger partial charge is 0.0355 e. The molecule has 1 saturated carbocycles. The van der Waals surface area contributed by atoms with Crippen LogP contribution < -0.4 is 0 Å². The minimum absolute atomic E-state index is 1.06. The first-order valence-electron chi connectivity index (χ1n) is 16.8. The van der Waals surface area contributed by atoms with Crippen molar-refractivity contribution in [3.05, 3.63) is 0 Å². The topological polar surface area (TPSA) is 0 Å². The predicted molar refractivity (Wildman–Crippen MR) is 157 cm³/mol. The van der Waals surface area contributed by atoms with Crippen LogP contribution in [0, 0.1) is 23.7 Å². The lowest BCUT2D eigenvalue weighted by molar-refractivity contribution is 0.0582. The van der Waals surface area contributed by atoms with Gasteiger partial charge in [-0.15, -0.1) is 0 Å². The molecule has 0 radical (unpaired) electrons. The van der Waals surface area contributed by atoms with Crippen LogP contribution in [0.5, 0.6) is 0 Å². The average Bonchev–Trinajstić information content (AvgIpc) is 2.85. The van der Waals surface area contributed by atoms with Crippen LogP contribution in [0.15, 0.2) is 0 Å². The first-order valence-corrected chi connectivity index (χ1v) is 16.8. The molecule has 1 rings (SSSR count). The lowest BCUT2D eigenvalue weighted by atomic mass is 9.61. The third-order valence-corrected chi connectivity index (χ3v) is 9.31. The van der Waals surface area contributed by atoms with Gasteiger partial charge in [-0.1, -0.05) is 169 Å². The zero-order valence-electron chi connectivity index (χ0n) is 24.7. The van der Waals surface area contributed by atoms with Crippen LogP contribution in [-0.2, 0) is 0 Å².